The number of halogens is 1. The van der Waals surface area contributed by atoms with Gasteiger partial charge < -0.3 is 24.5 Å². The van der Waals surface area contributed by atoms with Gasteiger partial charge in [0.05, 0.1) is 18.8 Å². The first-order chi connectivity index (χ1) is 17.0. The van der Waals surface area contributed by atoms with Gasteiger partial charge in [0, 0.05) is 24.5 Å². The van der Waals surface area contributed by atoms with Crippen LogP contribution in [0.15, 0.2) is 59.1 Å². The molecule has 2 aromatic heterocycles. The van der Waals surface area contributed by atoms with Gasteiger partial charge in [0.25, 0.3) is 5.91 Å². The van der Waals surface area contributed by atoms with E-state index in [1.54, 1.807) is 29.2 Å². The smallest absolute Gasteiger partial charge is 0.322 e. The lowest BCUT2D eigenvalue weighted by molar-refractivity contribution is 0.0897. The number of benzene rings is 1. The zero-order valence-electron chi connectivity index (χ0n) is 20.1. The molecule has 0 unspecified atom stereocenters. The Morgan fingerprint density at radius 2 is 1.89 bits per heavy atom. The molecule has 35 heavy (non-hydrogen) atoms. The molecule has 2 heterocycles. The number of nitrogens with one attached hydrogen (secondary N) is 2. The fourth-order valence-electron chi connectivity index (χ4n) is 4.48. The second kappa shape index (κ2) is 11.7. The number of urea groups is 1. The Kier molecular flexibility index (Phi) is 8.23. The summed E-state index contributed by atoms with van der Waals surface area (Å²) in [5.74, 6) is 0.335. The summed E-state index contributed by atoms with van der Waals surface area (Å²) >= 11 is 0. The maximum absolute atomic E-state index is 14.0. The molecule has 1 fully saturated rings. The van der Waals surface area contributed by atoms with Crippen LogP contribution in [-0.4, -0.2) is 34.0 Å². The molecule has 1 saturated carbocycles. The summed E-state index contributed by atoms with van der Waals surface area (Å²) in [5, 5.41) is 5.74. The van der Waals surface area contributed by atoms with E-state index in [4.69, 9.17) is 4.42 Å². The molecule has 0 bridgehead atoms. The lowest BCUT2D eigenvalue weighted by Crippen LogP contribution is -2.36. The van der Waals surface area contributed by atoms with Gasteiger partial charge in [0.2, 0.25) is 0 Å². The standard InChI is InChI=1S/C27H33FN4O3/c1-2-16-32(27(34)30-24-13-7-6-12-23(24)28)18-21-11-8-17-31(21)19-22-14-15-25(35-22)26(33)29-20-9-4-3-5-10-20/h6-8,11-15,17,20H,2-5,9-10,16,18-19H2,1H3,(H,29,33)(H,30,34). The number of furan rings is 1. The SMILES string of the molecule is CCCN(Cc1cccn1Cc1ccc(C(=O)NC2CCCCC2)o1)C(=O)Nc1ccccc1F. The summed E-state index contributed by atoms with van der Waals surface area (Å²) < 4.78 is 21.8. The third-order valence-corrected chi connectivity index (χ3v) is 6.32. The van der Waals surface area contributed by atoms with Crippen LogP contribution in [0.1, 0.15) is 67.5 Å². The Balaban J connectivity index is 1.39. The maximum Gasteiger partial charge on any atom is 0.322 e. The molecule has 0 aliphatic heterocycles. The molecule has 0 atom stereocenters. The highest BCUT2D eigenvalue weighted by Crippen LogP contribution is 2.19. The summed E-state index contributed by atoms with van der Waals surface area (Å²) in [7, 11) is 0. The molecule has 4 rings (SSSR count). The van der Waals surface area contributed by atoms with Gasteiger partial charge in [-0.3, -0.25) is 4.79 Å². The van der Waals surface area contributed by atoms with E-state index in [0.29, 0.717) is 31.2 Å². The van der Waals surface area contributed by atoms with Crippen LogP contribution in [0.2, 0.25) is 0 Å². The topological polar surface area (TPSA) is 79.5 Å². The van der Waals surface area contributed by atoms with Crippen molar-refractivity contribution in [3.05, 3.63) is 77.8 Å². The number of amides is 3. The van der Waals surface area contributed by atoms with Crippen molar-refractivity contribution in [1.29, 1.82) is 0 Å². The molecule has 3 amide bonds. The van der Waals surface area contributed by atoms with Crippen LogP contribution in [0.4, 0.5) is 14.9 Å². The predicted molar refractivity (Wildman–Crippen MR) is 133 cm³/mol. The molecule has 7 nitrogen and oxygen atoms in total. The van der Waals surface area contributed by atoms with Crippen LogP contribution in [0, 0.1) is 5.82 Å². The lowest BCUT2D eigenvalue weighted by Gasteiger charge is -2.23. The number of para-hydroxylation sites is 1. The summed E-state index contributed by atoms with van der Waals surface area (Å²) in [4.78, 5) is 27.1. The maximum atomic E-state index is 14.0. The highest BCUT2D eigenvalue weighted by atomic mass is 19.1. The minimum Gasteiger partial charge on any atom is -0.454 e. The number of aromatic nitrogens is 1. The van der Waals surface area contributed by atoms with Gasteiger partial charge in [-0.2, -0.15) is 0 Å². The fourth-order valence-corrected chi connectivity index (χ4v) is 4.48. The Labute approximate surface area is 205 Å². The van der Waals surface area contributed by atoms with Gasteiger partial charge in [-0.15, -0.1) is 0 Å². The first kappa shape index (κ1) is 24.6. The van der Waals surface area contributed by atoms with Gasteiger partial charge in [-0.05, 0) is 55.7 Å². The van der Waals surface area contributed by atoms with Crippen molar-refractivity contribution in [1.82, 2.24) is 14.8 Å². The van der Waals surface area contributed by atoms with Gasteiger partial charge in [-0.25, -0.2) is 9.18 Å². The molecular formula is C27H33FN4O3. The molecule has 0 spiro atoms. The summed E-state index contributed by atoms with van der Waals surface area (Å²) in [6, 6.07) is 13.4. The minimum absolute atomic E-state index is 0.156. The Morgan fingerprint density at radius 3 is 2.66 bits per heavy atom. The predicted octanol–water partition coefficient (Wildman–Crippen LogP) is 5.78. The summed E-state index contributed by atoms with van der Waals surface area (Å²) in [6.07, 6.45) is 8.25. The average molecular weight is 481 g/mol. The first-order valence-corrected chi connectivity index (χ1v) is 12.4. The number of carbonyl (C=O) groups excluding carboxylic acids is 2. The number of rotatable bonds is 9. The molecular weight excluding hydrogens is 447 g/mol. The minimum atomic E-state index is -0.471. The zero-order valence-corrected chi connectivity index (χ0v) is 20.1. The van der Waals surface area contributed by atoms with Crippen molar-refractivity contribution < 1.29 is 18.4 Å². The molecule has 3 aromatic rings. The Morgan fingerprint density at radius 1 is 1.09 bits per heavy atom. The van der Waals surface area contributed by atoms with Crippen LogP contribution in [0.25, 0.3) is 0 Å². The number of carbonyl (C=O) groups is 2. The molecule has 8 heteroatoms. The molecule has 186 valence electrons. The second-order valence-electron chi connectivity index (χ2n) is 9.03. The second-order valence-corrected chi connectivity index (χ2v) is 9.03. The van der Waals surface area contributed by atoms with Gasteiger partial charge >= 0.3 is 6.03 Å². The average Bonchev–Trinajstić information content (AvgIpc) is 3.51. The van der Waals surface area contributed by atoms with E-state index in [1.807, 2.05) is 35.9 Å². The van der Waals surface area contributed by atoms with Crippen LogP contribution < -0.4 is 10.6 Å². The van der Waals surface area contributed by atoms with Crippen molar-refractivity contribution in [2.45, 2.75) is 64.6 Å². The van der Waals surface area contributed by atoms with Crippen molar-refractivity contribution in [3.63, 3.8) is 0 Å². The molecule has 1 aliphatic rings. The Hall–Kier alpha value is -3.55. The number of nitrogens with zero attached hydrogens (tertiary/aromatic N) is 2. The first-order valence-electron chi connectivity index (χ1n) is 12.4. The summed E-state index contributed by atoms with van der Waals surface area (Å²) in [6.45, 7) is 3.31. The fraction of sp³-hybridized carbons (Fsp3) is 0.407. The van der Waals surface area contributed by atoms with Crippen molar-refractivity contribution in [2.75, 3.05) is 11.9 Å². The van der Waals surface area contributed by atoms with Gasteiger partial charge in [0.15, 0.2) is 5.76 Å². The van der Waals surface area contributed by atoms with Gasteiger partial charge in [0.1, 0.15) is 11.6 Å². The summed E-state index contributed by atoms with van der Waals surface area (Å²) in [5.41, 5.74) is 1.07. The normalized spacial score (nSPS) is 14.0. The van der Waals surface area contributed by atoms with Crippen LogP contribution in [-0.2, 0) is 13.1 Å². The van der Waals surface area contributed by atoms with E-state index in [2.05, 4.69) is 10.6 Å². The van der Waals surface area contributed by atoms with Crippen LogP contribution >= 0.6 is 0 Å². The molecule has 2 N–H and O–H groups in total. The van der Waals surface area contributed by atoms with Crippen molar-refractivity contribution in [2.24, 2.45) is 0 Å². The van der Waals surface area contributed by atoms with Crippen LogP contribution in [0.5, 0.6) is 0 Å². The quantitative estimate of drug-likeness (QED) is 0.408. The molecule has 1 aromatic carbocycles. The zero-order chi connectivity index (χ0) is 24.6. The third kappa shape index (κ3) is 6.53. The molecule has 1 aliphatic carbocycles. The number of hydrogen-bond donors (Lipinski definition) is 2. The van der Waals surface area contributed by atoms with Crippen LogP contribution in [0.3, 0.4) is 0 Å². The van der Waals surface area contributed by atoms with E-state index in [1.165, 1.54) is 12.5 Å². The third-order valence-electron chi connectivity index (χ3n) is 6.32. The number of anilines is 1. The number of hydrogen-bond acceptors (Lipinski definition) is 3. The molecule has 0 saturated heterocycles. The van der Waals surface area contributed by atoms with E-state index in [0.717, 1.165) is 37.8 Å². The van der Waals surface area contributed by atoms with Gasteiger partial charge in [-0.1, -0.05) is 38.3 Å². The largest absolute Gasteiger partial charge is 0.454 e. The lowest BCUT2D eigenvalue weighted by atomic mass is 9.95. The highest BCUT2D eigenvalue weighted by molar-refractivity contribution is 5.91. The molecule has 0 radical (unpaired) electrons. The van der Waals surface area contributed by atoms with Crippen molar-refractivity contribution >= 4 is 17.6 Å². The highest BCUT2D eigenvalue weighted by Gasteiger charge is 2.20. The van der Waals surface area contributed by atoms with E-state index in [-0.39, 0.29) is 23.7 Å². The van der Waals surface area contributed by atoms with E-state index in [9.17, 15) is 14.0 Å². The van der Waals surface area contributed by atoms with E-state index >= 15 is 0 Å². The van der Waals surface area contributed by atoms with Crippen molar-refractivity contribution in [3.8, 4) is 0 Å². The Bertz CT molecular complexity index is 1130. The monoisotopic (exact) mass is 480 g/mol. The van der Waals surface area contributed by atoms with E-state index < -0.39 is 5.82 Å².